The number of ketones is 1. The number of anilines is 1. The fourth-order valence-corrected chi connectivity index (χ4v) is 5.62. The minimum Gasteiger partial charge on any atom is -0.493 e. The van der Waals surface area contributed by atoms with Crippen LogP contribution in [0.4, 0.5) is 5.13 Å². The molecular formula is C23H25N3O6S2. The molecule has 1 fully saturated rings. The Morgan fingerprint density at radius 1 is 1.09 bits per heavy atom. The lowest BCUT2D eigenvalue weighted by Crippen LogP contribution is -2.40. The lowest BCUT2D eigenvalue weighted by molar-refractivity contribution is 0.0730. The Kier molecular flexibility index (Phi) is 7.47. The van der Waals surface area contributed by atoms with E-state index in [2.05, 4.69) is 10.3 Å². The number of nitrogens with one attached hydrogen (secondary N) is 1. The molecule has 1 aromatic heterocycles. The first-order valence-electron chi connectivity index (χ1n) is 10.6. The van der Waals surface area contributed by atoms with Crippen LogP contribution in [0.15, 0.2) is 52.7 Å². The first-order chi connectivity index (χ1) is 16.4. The van der Waals surface area contributed by atoms with Crippen molar-refractivity contribution >= 4 is 32.3 Å². The fourth-order valence-electron chi connectivity index (χ4n) is 3.49. The molecule has 0 saturated carbocycles. The molecule has 1 N–H and O–H groups in total. The van der Waals surface area contributed by atoms with Gasteiger partial charge in [0.05, 0.1) is 44.6 Å². The van der Waals surface area contributed by atoms with Gasteiger partial charge in [-0.15, -0.1) is 11.3 Å². The number of thiazole rings is 1. The standard InChI is InChI=1S/C23H25N3O6S2/c1-30-21-8-5-17(13-22(21)31-2)20(27)14-24-23-25-19(15-33-23)16-3-6-18(7-4-16)34(28,29)26-9-11-32-12-10-26/h3-8,13,15H,9-12,14H2,1-2H3,(H,24,25). The van der Waals surface area contributed by atoms with Gasteiger partial charge in [-0.3, -0.25) is 4.79 Å². The Morgan fingerprint density at radius 2 is 1.79 bits per heavy atom. The summed E-state index contributed by atoms with van der Waals surface area (Å²) in [6, 6.07) is 11.7. The molecule has 0 radical (unpaired) electrons. The van der Waals surface area contributed by atoms with E-state index in [-0.39, 0.29) is 17.2 Å². The second-order valence-electron chi connectivity index (χ2n) is 7.43. The molecule has 0 atom stereocenters. The Labute approximate surface area is 202 Å². The van der Waals surface area contributed by atoms with E-state index in [1.165, 1.54) is 29.9 Å². The molecule has 0 aliphatic carbocycles. The predicted molar refractivity (Wildman–Crippen MR) is 129 cm³/mol. The highest BCUT2D eigenvalue weighted by Crippen LogP contribution is 2.29. The molecule has 1 saturated heterocycles. The molecule has 4 rings (SSSR count). The topological polar surface area (TPSA) is 107 Å². The van der Waals surface area contributed by atoms with Gasteiger partial charge in [-0.05, 0) is 30.3 Å². The van der Waals surface area contributed by atoms with Gasteiger partial charge >= 0.3 is 0 Å². The number of morpholine rings is 1. The molecular weight excluding hydrogens is 478 g/mol. The van der Waals surface area contributed by atoms with Gasteiger partial charge in [-0.25, -0.2) is 13.4 Å². The van der Waals surface area contributed by atoms with Gasteiger partial charge in [0, 0.05) is 29.6 Å². The van der Waals surface area contributed by atoms with Crippen molar-refractivity contribution in [3.63, 3.8) is 0 Å². The summed E-state index contributed by atoms with van der Waals surface area (Å²) in [7, 11) is -0.482. The van der Waals surface area contributed by atoms with E-state index in [1.54, 1.807) is 42.5 Å². The third-order valence-electron chi connectivity index (χ3n) is 5.37. The van der Waals surface area contributed by atoms with Gasteiger partial charge in [0.25, 0.3) is 0 Å². The van der Waals surface area contributed by atoms with Crippen LogP contribution in [0.1, 0.15) is 10.4 Å². The number of Topliss-reactive ketones (excluding diaryl/α,β-unsaturated/α-hetero) is 1. The normalized spacial score (nSPS) is 14.5. The minimum absolute atomic E-state index is 0.0686. The number of benzene rings is 2. The second kappa shape index (κ2) is 10.5. The van der Waals surface area contributed by atoms with Gasteiger partial charge in [-0.1, -0.05) is 12.1 Å². The summed E-state index contributed by atoms with van der Waals surface area (Å²) >= 11 is 1.37. The summed E-state index contributed by atoms with van der Waals surface area (Å²) in [5.41, 5.74) is 1.98. The smallest absolute Gasteiger partial charge is 0.243 e. The summed E-state index contributed by atoms with van der Waals surface area (Å²) in [6.45, 7) is 1.58. The number of hydrogen-bond donors (Lipinski definition) is 1. The van der Waals surface area contributed by atoms with E-state index in [0.29, 0.717) is 54.2 Å². The summed E-state index contributed by atoms with van der Waals surface area (Å²) in [6.07, 6.45) is 0. The van der Waals surface area contributed by atoms with E-state index < -0.39 is 10.0 Å². The number of carbonyl (C=O) groups excluding carboxylic acids is 1. The van der Waals surface area contributed by atoms with Gasteiger partial charge in [-0.2, -0.15) is 4.31 Å². The van der Waals surface area contributed by atoms with Crippen molar-refractivity contribution in [1.29, 1.82) is 0 Å². The van der Waals surface area contributed by atoms with Crippen molar-refractivity contribution in [1.82, 2.24) is 9.29 Å². The van der Waals surface area contributed by atoms with E-state index >= 15 is 0 Å². The Morgan fingerprint density at radius 3 is 2.47 bits per heavy atom. The first-order valence-corrected chi connectivity index (χ1v) is 12.9. The van der Waals surface area contributed by atoms with E-state index in [4.69, 9.17) is 14.2 Å². The average Bonchev–Trinajstić information content (AvgIpc) is 3.36. The van der Waals surface area contributed by atoms with E-state index in [9.17, 15) is 13.2 Å². The number of carbonyl (C=O) groups is 1. The molecule has 0 amide bonds. The zero-order valence-corrected chi connectivity index (χ0v) is 20.4. The number of hydrogen-bond acceptors (Lipinski definition) is 9. The molecule has 34 heavy (non-hydrogen) atoms. The maximum atomic E-state index is 12.8. The molecule has 180 valence electrons. The van der Waals surface area contributed by atoms with Crippen LogP contribution in [-0.4, -0.2) is 70.6 Å². The second-order valence-corrected chi connectivity index (χ2v) is 10.2. The van der Waals surface area contributed by atoms with Crippen molar-refractivity contribution < 1.29 is 27.4 Å². The number of methoxy groups -OCH3 is 2. The maximum absolute atomic E-state index is 12.8. The molecule has 0 unspecified atom stereocenters. The largest absolute Gasteiger partial charge is 0.493 e. The third kappa shape index (κ3) is 5.22. The van der Waals surface area contributed by atoms with Crippen molar-refractivity contribution in [2.45, 2.75) is 4.90 Å². The lowest BCUT2D eigenvalue weighted by Gasteiger charge is -2.26. The number of ether oxygens (including phenoxy) is 3. The minimum atomic E-state index is -3.54. The highest BCUT2D eigenvalue weighted by molar-refractivity contribution is 7.89. The van der Waals surface area contributed by atoms with Crippen LogP contribution in [0.2, 0.25) is 0 Å². The number of nitrogens with zero attached hydrogens (tertiary/aromatic N) is 2. The third-order valence-corrected chi connectivity index (χ3v) is 8.08. The predicted octanol–water partition coefficient (Wildman–Crippen LogP) is 3.14. The highest BCUT2D eigenvalue weighted by Gasteiger charge is 2.26. The Hall–Kier alpha value is -2.99. The zero-order valence-electron chi connectivity index (χ0n) is 18.8. The molecule has 1 aliphatic heterocycles. The Bertz CT molecular complexity index is 1250. The average molecular weight is 504 g/mol. The van der Waals surface area contributed by atoms with Crippen molar-refractivity contribution in [3.8, 4) is 22.8 Å². The van der Waals surface area contributed by atoms with Crippen molar-refractivity contribution in [2.24, 2.45) is 0 Å². The summed E-state index contributed by atoms with van der Waals surface area (Å²) in [5.74, 6) is 0.930. The van der Waals surface area contributed by atoms with Crippen LogP contribution >= 0.6 is 11.3 Å². The van der Waals surface area contributed by atoms with Crippen LogP contribution in [0, 0.1) is 0 Å². The number of sulfonamides is 1. The monoisotopic (exact) mass is 503 g/mol. The van der Waals surface area contributed by atoms with Gasteiger partial charge < -0.3 is 19.5 Å². The first kappa shape index (κ1) is 24.1. The molecule has 1 aliphatic rings. The highest BCUT2D eigenvalue weighted by atomic mass is 32.2. The number of rotatable bonds is 9. The SMILES string of the molecule is COc1ccc(C(=O)CNc2nc(-c3ccc(S(=O)(=O)N4CCOCC4)cc3)cs2)cc1OC. The molecule has 0 bridgehead atoms. The summed E-state index contributed by atoms with van der Waals surface area (Å²) in [5, 5.41) is 5.50. The van der Waals surface area contributed by atoms with E-state index in [1.807, 2.05) is 5.38 Å². The van der Waals surface area contributed by atoms with Crippen molar-refractivity contribution in [3.05, 3.63) is 53.4 Å². The van der Waals surface area contributed by atoms with E-state index in [0.717, 1.165) is 5.56 Å². The number of aromatic nitrogens is 1. The molecule has 0 spiro atoms. The van der Waals surface area contributed by atoms with Crippen LogP contribution in [0.25, 0.3) is 11.3 Å². The molecule has 11 heteroatoms. The zero-order chi connectivity index (χ0) is 24.1. The molecule has 3 aromatic rings. The van der Waals surface area contributed by atoms with Crippen LogP contribution in [0.5, 0.6) is 11.5 Å². The van der Waals surface area contributed by atoms with Crippen LogP contribution in [0.3, 0.4) is 0 Å². The van der Waals surface area contributed by atoms with Crippen molar-refractivity contribution in [2.75, 3.05) is 52.4 Å². The van der Waals surface area contributed by atoms with Gasteiger partial charge in [0.1, 0.15) is 0 Å². The summed E-state index contributed by atoms with van der Waals surface area (Å²) in [4.78, 5) is 17.3. The molecule has 2 heterocycles. The molecule has 2 aromatic carbocycles. The van der Waals surface area contributed by atoms with Gasteiger partial charge in [0.15, 0.2) is 22.4 Å². The lowest BCUT2D eigenvalue weighted by atomic mass is 10.1. The van der Waals surface area contributed by atoms with Crippen LogP contribution < -0.4 is 14.8 Å². The fraction of sp³-hybridized carbons (Fsp3) is 0.304. The molecule has 9 nitrogen and oxygen atoms in total. The summed E-state index contributed by atoms with van der Waals surface area (Å²) < 4.78 is 42.7. The maximum Gasteiger partial charge on any atom is 0.243 e. The Balaban J connectivity index is 1.40. The van der Waals surface area contributed by atoms with Crippen LogP contribution in [-0.2, 0) is 14.8 Å². The van der Waals surface area contributed by atoms with Gasteiger partial charge in [0.2, 0.25) is 10.0 Å². The quantitative estimate of drug-likeness (QED) is 0.444.